The van der Waals surface area contributed by atoms with Crippen molar-refractivity contribution in [1.82, 2.24) is 4.90 Å². The number of carbonyl (C=O) groups is 1. The van der Waals surface area contributed by atoms with Crippen LogP contribution in [0.5, 0.6) is 0 Å². The molecule has 1 aliphatic rings. The van der Waals surface area contributed by atoms with Gasteiger partial charge in [0.15, 0.2) is 0 Å². The second kappa shape index (κ2) is 4.79. The number of rotatable bonds is 2. The van der Waals surface area contributed by atoms with Crippen molar-refractivity contribution < 1.29 is 4.79 Å². The van der Waals surface area contributed by atoms with E-state index in [1.165, 1.54) is 5.56 Å². The molecule has 1 fully saturated rings. The van der Waals surface area contributed by atoms with Gasteiger partial charge in [-0.15, -0.1) is 0 Å². The molecule has 2 rings (SSSR count). The third-order valence-corrected chi connectivity index (χ3v) is 3.46. The van der Waals surface area contributed by atoms with Crippen molar-refractivity contribution >= 4 is 5.78 Å². The number of Topliss-reactive ketones (excluding diaryl/α,β-unsaturated/α-hetero) is 1. The molecular formula is C14H19NO. The summed E-state index contributed by atoms with van der Waals surface area (Å²) < 4.78 is 0. The number of hydrogen-bond acceptors (Lipinski definition) is 2. The molecule has 0 bridgehead atoms. The van der Waals surface area contributed by atoms with Crippen LogP contribution >= 0.6 is 0 Å². The molecular weight excluding hydrogens is 198 g/mol. The molecule has 86 valence electrons. The summed E-state index contributed by atoms with van der Waals surface area (Å²) >= 11 is 0. The first-order chi connectivity index (χ1) is 7.66. The van der Waals surface area contributed by atoms with Crippen LogP contribution in [0.15, 0.2) is 30.3 Å². The average molecular weight is 217 g/mol. The van der Waals surface area contributed by atoms with Gasteiger partial charge in [0.1, 0.15) is 5.78 Å². The SMILES string of the molecule is C[C@@H]1C[C@H](C)N(Cc2ccccc2)CC1=O. The Labute approximate surface area is 97.3 Å². The Kier molecular flexibility index (Phi) is 3.39. The van der Waals surface area contributed by atoms with Gasteiger partial charge in [-0.3, -0.25) is 9.69 Å². The van der Waals surface area contributed by atoms with Crippen LogP contribution in [0.2, 0.25) is 0 Å². The van der Waals surface area contributed by atoms with Crippen molar-refractivity contribution in [2.75, 3.05) is 6.54 Å². The largest absolute Gasteiger partial charge is 0.298 e. The van der Waals surface area contributed by atoms with E-state index in [-0.39, 0.29) is 5.92 Å². The monoisotopic (exact) mass is 217 g/mol. The molecule has 0 aliphatic carbocycles. The van der Waals surface area contributed by atoms with Gasteiger partial charge in [0.25, 0.3) is 0 Å². The van der Waals surface area contributed by atoms with Crippen LogP contribution in [0, 0.1) is 5.92 Å². The lowest BCUT2D eigenvalue weighted by Crippen LogP contribution is -2.45. The van der Waals surface area contributed by atoms with Gasteiger partial charge in [-0.1, -0.05) is 37.3 Å². The Morgan fingerprint density at radius 3 is 2.62 bits per heavy atom. The number of ketones is 1. The first kappa shape index (κ1) is 11.3. The highest BCUT2D eigenvalue weighted by atomic mass is 16.1. The molecule has 2 atom stereocenters. The third kappa shape index (κ3) is 2.50. The maximum Gasteiger partial charge on any atom is 0.149 e. The summed E-state index contributed by atoms with van der Waals surface area (Å²) in [6.45, 7) is 5.75. The first-order valence-corrected chi connectivity index (χ1v) is 5.97. The quantitative estimate of drug-likeness (QED) is 0.758. The zero-order valence-corrected chi connectivity index (χ0v) is 10.0. The lowest BCUT2D eigenvalue weighted by Gasteiger charge is -2.35. The van der Waals surface area contributed by atoms with Crippen LogP contribution in [-0.2, 0) is 11.3 Å². The lowest BCUT2D eigenvalue weighted by atomic mass is 9.92. The van der Waals surface area contributed by atoms with E-state index >= 15 is 0 Å². The average Bonchev–Trinajstić information content (AvgIpc) is 2.27. The van der Waals surface area contributed by atoms with E-state index in [0.717, 1.165) is 13.0 Å². The molecule has 0 spiro atoms. The van der Waals surface area contributed by atoms with Crippen LogP contribution < -0.4 is 0 Å². The van der Waals surface area contributed by atoms with Gasteiger partial charge in [-0.05, 0) is 18.9 Å². The van der Waals surface area contributed by atoms with Crippen molar-refractivity contribution in [1.29, 1.82) is 0 Å². The molecule has 2 heteroatoms. The fraction of sp³-hybridized carbons (Fsp3) is 0.500. The molecule has 16 heavy (non-hydrogen) atoms. The normalized spacial score (nSPS) is 27.0. The summed E-state index contributed by atoms with van der Waals surface area (Å²) in [6.07, 6.45) is 0.992. The molecule has 0 saturated carbocycles. The maximum atomic E-state index is 11.7. The van der Waals surface area contributed by atoms with Gasteiger partial charge in [0.2, 0.25) is 0 Å². The highest BCUT2D eigenvalue weighted by Crippen LogP contribution is 2.21. The third-order valence-electron chi connectivity index (χ3n) is 3.46. The number of carbonyl (C=O) groups excluding carboxylic acids is 1. The van der Waals surface area contributed by atoms with Crippen LogP contribution in [-0.4, -0.2) is 23.3 Å². The number of benzene rings is 1. The highest BCUT2D eigenvalue weighted by molar-refractivity contribution is 5.83. The van der Waals surface area contributed by atoms with Gasteiger partial charge >= 0.3 is 0 Å². The number of likely N-dealkylation sites (tertiary alicyclic amines) is 1. The standard InChI is InChI=1S/C14H19NO/c1-11-8-12(2)15(10-14(11)16)9-13-6-4-3-5-7-13/h3-7,11-12H,8-10H2,1-2H3/t11-,12+/m1/s1. The Bertz CT molecular complexity index is 360. The molecule has 1 aliphatic heterocycles. The van der Waals surface area contributed by atoms with Crippen LogP contribution in [0.25, 0.3) is 0 Å². The summed E-state index contributed by atoms with van der Waals surface area (Å²) in [4.78, 5) is 14.0. The number of piperidine rings is 1. The van der Waals surface area contributed by atoms with E-state index in [1.54, 1.807) is 0 Å². The Morgan fingerprint density at radius 1 is 1.25 bits per heavy atom. The zero-order valence-electron chi connectivity index (χ0n) is 10.0. The molecule has 0 amide bonds. The summed E-state index contributed by atoms with van der Waals surface area (Å²) in [5.41, 5.74) is 1.29. The fourth-order valence-electron chi connectivity index (χ4n) is 2.33. The van der Waals surface area contributed by atoms with E-state index < -0.39 is 0 Å². The molecule has 1 aromatic carbocycles. The van der Waals surface area contributed by atoms with Crippen molar-refractivity contribution in [2.45, 2.75) is 32.9 Å². The fourth-order valence-corrected chi connectivity index (χ4v) is 2.33. The molecule has 1 saturated heterocycles. The molecule has 1 aromatic rings. The van der Waals surface area contributed by atoms with E-state index in [1.807, 2.05) is 25.1 Å². The maximum absolute atomic E-state index is 11.7. The first-order valence-electron chi connectivity index (χ1n) is 5.97. The van der Waals surface area contributed by atoms with Crippen molar-refractivity contribution in [3.63, 3.8) is 0 Å². The molecule has 1 heterocycles. The van der Waals surface area contributed by atoms with Gasteiger partial charge in [0.05, 0.1) is 6.54 Å². The second-order valence-electron chi connectivity index (χ2n) is 4.84. The Morgan fingerprint density at radius 2 is 1.94 bits per heavy atom. The minimum Gasteiger partial charge on any atom is -0.298 e. The molecule has 0 aromatic heterocycles. The predicted octanol–water partition coefficient (Wildman–Crippen LogP) is 2.49. The second-order valence-corrected chi connectivity index (χ2v) is 4.84. The topological polar surface area (TPSA) is 20.3 Å². The van der Waals surface area contributed by atoms with E-state index in [0.29, 0.717) is 18.4 Å². The van der Waals surface area contributed by atoms with Gasteiger partial charge in [-0.25, -0.2) is 0 Å². The lowest BCUT2D eigenvalue weighted by molar-refractivity contribution is -0.128. The number of hydrogen-bond donors (Lipinski definition) is 0. The summed E-state index contributed by atoms with van der Waals surface area (Å²) in [5, 5.41) is 0. The van der Waals surface area contributed by atoms with Crippen molar-refractivity contribution in [3.8, 4) is 0 Å². The van der Waals surface area contributed by atoms with E-state index in [9.17, 15) is 4.79 Å². The van der Waals surface area contributed by atoms with Crippen LogP contribution in [0.4, 0.5) is 0 Å². The minimum absolute atomic E-state index is 0.238. The summed E-state index contributed by atoms with van der Waals surface area (Å²) in [5.74, 6) is 0.621. The Hall–Kier alpha value is -1.15. The molecule has 2 nitrogen and oxygen atoms in total. The predicted molar refractivity (Wildman–Crippen MR) is 65.1 cm³/mol. The minimum atomic E-state index is 0.238. The zero-order chi connectivity index (χ0) is 11.5. The smallest absolute Gasteiger partial charge is 0.149 e. The summed E-state index contributed by atoms with van der Waals surface area (Å²) in [7, 11) is 0. The van der Waals surface area contributed by atoms with Gasteiger partial charge in [-0.2, -0.15) is 0 Å². The molecule has 0 radical (unpaired) electrons. The van der Waals surface area contributed by atoms with Gasteiger partial charge < -0.3 is 0 Å². The van der Waals surface area contributed by atoms with E-state index in [2.05, 4.69) is 24.0 Å². The number of nitrogens with zero attached hydrogens (tertiary/aromatic N) is 1. The van der Waals surface area contributed by atoms with E-state index in [4.69, 9.17) is 0 Å². The Balaban J connectivity index is 2.02. The van der Waals surface area contributed by atoms with Crippen LogP contribution in [0.1, 0.15) is 25.8 Å². The highest BCUT2D eigenvalue weighted by Gasteiger charge is 2.28. The van der Waals surface area contributed by atoms with Crippen molar-refractivity contribution in [2.24, 2.45) is 5.92 Å². The van der Waals surface area contributed by atoms with Crippen molar-refractivity contribution in [3.05, 3.63) is 35.9 Å². The molecule has 0 unspecified atom stereocenters. The summed E-state index contributed by atoms with van der Waals surface area (Å²) in [6, 6.07) is 10.9. The van der Waals surface area contributed by atoms with Crippen LogP contribution in [0.3, 0.4) is 0 Å². The van der Waals surface area contributed by atoms with Gasteiger partial charge in [0, 0.05) is 18.5 Å². The molecule has 0 N–H and O–H groups in total.